The smallest absolute Gasteiger partial charge is 0.277 e. The quantitative estimate of drug-likeness (QED) is 0.402. The van der Waals surface area contributed by atoms with E-state index in [-0.39, 0.29) is 18.1 Å². The summed E-state index contributed by atoms with van der Waals surface area (Å²) in [4.78, 5) is 16.3. The van der Waals surface area contributed by atoms with Crippen molar-refractivity contribution in [3.05, 3.63) is 71.6 Å². The van der Waals surface area contributed by atoms with E-state index in [2.05, 4.69) is 25.7 Å². The number of aryl methyl sites for hydroxylation is 2. The molecule has 1 amide bonds. The fourth-order valence-corrected chi connectivity index (χ4v) is 3.32. The average Bonchev–Trinajstić information content (AvgIpc) is 3.42. The Balaban J connectivity index is 1.26. The second kappa shape index (κ2) is 9.52. The summed E-state index contributed by atoms with van der Waals surface area (Å²) in [5.41, 5.74) is 2.49. The molecule has 2 aromatic carbocycles. The molecule has 0 saturated carbocycles. The van der Waals surface area contributed by atoms with Crippen LogP contribution in [0.1, 0.15) is 23.7 Å². The number of anilines is 1. The van der Waals surface area contributed by atoms with Gasteiger partial charge in [-0.3, -0.25) is 4.79 Å². The first kappa shape index (κ1) is 20.7. The van der Waals surface area contributed by atoms with Crippen LogP contribution < -0.4 is 5.32 Å². The summed E-state index contributed by atoms with van der Waals surface area (Å²) in [7, 11) is 0. The summed E-state index contributed by atoms with van der Waals surface area (Å²) in [5.74, 6) is 1.08. The molecule has 0 aliphatic heterocycles. The zero-order valence-corrected chi connectivity index (χ0v) is 17.4. The summed E-state index contributed by atoms with van der Waals surface area (Å²) in [6.45, 7) is 2.00. The van der Waals surface area contributed by atoms with Crippen molar-refractivity contribution in [2.45, 2.75) is 30.7 Å². The van der Waals surface area contributed by atoms with Crippen LogP contribution >= 0.6 is 11.8 Å². The highest BCUT2D eigenvalue weighted by atomic mass is 32.2. The number of benzene rings is 2. The van der Waals surface area contributed by atoms with Gasteiger partial charge in [0.1, 0.15) is 5.82 Å². The normalized spacial score (nSPS) is 10.9. The van der Waals surface area contributed by atoms with E-state index in [0.717, 1.165) is 11.1 Å². The molecule has 2 heterocycles. The van der Waals surface area contributed by atoms with Gasteiger partial charge in [0.2, 0.25) is 17.7 Å². The lowest BCUT2D eigenvalue weighted by Crippen LogP contribution is -2.12. The fourth-order valence-electron chi connectivity index (χ4n) is 2.72. The molecule has 4 aromatic rings. The second-order valence-electron chi connectivity index (χ2n) is 6.69. The van der Waals surface area contributed by atoms with E-state index in [1.807, 2.05) is 31.2 Å². The predicted octanol–water partition coefficient (Wildman–Crippen LogP) is 4.43. The third-order valence-corrected chi connectivity index (χ3v) is 5.01. The molecule has 10 heteroatoms. The maximum Gasteiger partial charge on any atom is 0.277 e. The van der Waals surface area contributed by atoms with Crippen LogP contribution in [0, 0.1) is 12.7 Å². The Bertz CT molecular complexity index is 1180. The lowest BCUT2D eigenvalue weighted by atomic mass is 10.1. The molecule has 31 heavy (non-hydrogen) atoms. The Morgan fingerprint density at radius 3 is 2.81 bits per heavy atom. The number of hydrogen-bond donors (Lipinski definition) is 1. The van der Waals surface area contributed by atoms with Crippen LogP contribution in [0.2, 0.25) is 0 Å². The monoisotopic (exact) mass is 439 g/mol. The van der Waals surface area contributed by atoms with Crippen molar-refractivity contribution in [1.82, 2.24) is 20.3 Å². The van der Waals surface area contributed by atoms with E-state index < -0.39 is 0 Å². The largest absolute Gasteiger partial charge is 0.411 e. The molecule has 2 aromatic heterocycles. The number of aromatic nitrogens is 4. The minimum atomic E-state index is -0.360. The van der Waals surface area contributed by atoms with Crippen LogP contribution in [0.25, 0.3) is 11.5 Å². The van der Waals surface area contributed by atoms with Gasteiger partial charge >= 0.3 is 0 Å². The molecular weight excluding hydrogens is 421 g/mol. The summed E-state index contributed by atoms with van der Waals surface area (Å²) >= 11 is 1.30. The third kappa shape index (κ3) is 5.76. The van der Waals surface area contributed by atoms with Gasteiger partial charge in [-0.15, -0.1) is 10.2 Å². The van der Waals surface area contributed by atoms with Gasteiger partial charge in [0, 0.05) is 24.1 Å². The lowest BCUT2D eigenvalue weighted by Gasteiger charge is -2.03. The van der Waals surface area contributed by atoms with E-state index >= 15 is 0 Å². The number of amides is 1. The molecule has 0 unspecified atom stereocenters. The number of nitrogens with zero attached hydrogens (tertiary/aromatic N) is 4. The van der Waals surface area contributed by atoms with Gasteiger partial charge in [-0.05, 0) is 43.3 Å². The first-order valence-electron chi connectivity index (χ1n) is 9.45. The lowest BCUT2D eigenvalue weighted by molar-refractivity contribution is -0.116. The number of halogens is 1. The summed E-state index contributed by atoms with van der Waals surface area (Å²) < 4.78 is 23.8. The van der Waals surface area contributed by atoms with Crippen LogP contribution in [0.5, 0.6) is 0 Å². The topological polar surface area (TPSA) is 107 Å². The number of hydrogen-bond acceptors (Lipinski definition) is 8. The number of carbonyl (C=O) groups excluding carboxylic acids is 1. The van der Waals surface area contributed by atoms with Gasteiger partial charge in [-0.25, -0.2) is 4.39 Å². The van der Waals surface area contributed by atoms with Crippen LogP contribution in [0.3, 0.4) is 0 Å². The molecule has 0 saturated heterocycles. The average molecular weight is 439 g/mol. The summed E-state index contributed by atoms with van der Waals surface area (Å²) in [6, 6.07) is 13.4. The molecule has 0 spiro atoms. The van der Waals surface area contributed by atoms with Crippen LogP contribution in [0.15, 0.2) is 62.7 Å². The van der Waals surface area contributed by atoms with Crippen molar-refractivity contribution in [1.29, 1.82) is 0 Å². The molecule has 0 fully saturated rings. The zero-order chi connectivity index (χ0) is 21.6. The van der Waals surface area contributed by atoms with E-state index in [9.17, 15) is 9.18 Å². The number of nitrogens with one attached hydrogen (secondary N) is 1. The van der Waals surface area contributed by atoms with Crippen molar-refractivity contribution in [2.75, 3.05) is 5.32 Å². The van der Waals surface area contributed by atoms with E-state index in [0.29, 0.717) is 40.7 Å². The Hall–Kier alpha value is -3.53. The molecule has 0 aliphatic rings. The van der Waals surface area contributed by atoms with Crippen molar-refractivity contribution in [3.8, 4) is 11.5 Å². The second-order valence-corrected chi connectivity index (χ2v) is 7.62. The summed E-state index contributed by atoms with van der Waals surface area (Å²) in [5, 5.41) is 15.1. The van der Waals surface area contributed by atoms with Crippen molar-refractivity contribution >= 4 is 23.4 Å². The van der Waals surface area contributed by atoms with Crippen LogP contribution in [0.4, 0.5) is 10.1 Å². The first-order valence-corrected chi connectivity index (χ1v) is 10.4. The first-order chi connectivity index (χ1) is 15.0. The number of carbonyl (C=O) groups is 1. The molecular formula is C21H18FN5O3S. The predicted molar refractivity (Wildman–Crippen MR) is 112 cm³/mol. The molecule has 0 atom stereocenters. The van der Waals surface area contributed by atoms with Gasteiger partial charge in [0.25, 0.3) is 5.22 Å². The zero-order valence-electron chi connectivity index (χ0n) is 16.5. The third-order valence-electron chi connectivity index (χ3n) is 4.20. The minimum absolute atomic E-state index is 0.162. The van der Waals surface area contributed by atoms with Crippen molar-refractivity contribution < 1.29 is 18.1 Å². The Morgan fingerprint density at radius 2 is 2.00 bits per heavy atom. The minimum Gasteiger partial charge on any atom is -0.411 e. The highest BCUT2D eigenvalue weighted by molar-refractivity contribution is 7.98. The van der Waals surface area contributed by atoms with Gasteiger partial charge in [0.15, 0.2) is 5.82 Å². The molecule has 4 rings (SSSR count). The highest BCUT2D eigenvalue weighted by Gasteiger charge is 2.13. The molecule has 0 radical (unpaired) electrons. The van der Waals surface area contributed by atoms with Crippen LogP contribution in [-0.2, 0) is 17.0 Å². The highest BCUT2D eigenvalue weighted by Crippen LogP contribution is 2.25. The standard InChI is InChI=1S/C21H18FN5O3S/c1-13-3-2-4-14(11-13)20-25-26-21(29-20)31-12-17-24-19(30-27-17)10-9-18(28)23-16-7-5-15(22)6-8-16/h2-8,11H,9-10,12H2,1H3,(H,23,28). The molecule has 8 nitrogen and oxygen atoms in total. The maximum absolute atomic E-state index is 12.9. The van der Waals surface area contributed by atoms with E-state index in [4.69, 9.17) is 8.94 Å². The van der Waals surface area contributed by atoms with Crippen molar-refractivity contribution in [3.63, 3.8) is 0 Å². The maximum atomic E-state index is 12.9. The van der Waals surface area contributed by atoms with E-state index in [1.54, 1.807) is 0 Å². The summed E-state index contributed by atoms with van der Waals surface area (Å²) in [6.07, 6.45) is 0.457. The molecule has 0 bridgehead atoms. The Labute approximate surface area is 181 Å². The molecule has 0 aliphatic carbocycles. The Morgan fingerprint density at radius 1 is 1.16 bits per heavy atom. The number of rotatable bonds is 8. The SMILES string of the molecule is Cc1cccc(-c2nnc(SCc3noc(CCC(=O)Nc4ccc(F)cc4)n3)o2)c1. The van der Waals surface area contributed by atoms with Gasteiger partial charge in [-0.1, -0.05) is 34.6 Å². The van der Waals surface area contributed by atoms with Crippen LogP contribution in [-0.4, -0.2) is 26.2 Å². The van der Waals surface area contributed by atoms with Gasteiger partial charge in [-0.2, -0.15) is 4.98 Å². The molecule has 1 N–H and O–H groups in total. The van der Waals surface area contributed by atoms with E-state index in [1.165, 1.54) is 36.0 Å². The Kier molecular flexibility index (Phi) is 6.37. The van der Waals surface area contributed by atoms with Crippen molar-refractivity contribution in [2.24, 2.45) is 0 Å². The van der Waals surface area contributed by atoms with Gasteiger partial charge in [0.05, 0.1) is 5.75 Å². The van der Waals surface area contributed by atoms with Gasteiger partial charge < -0.3 is 14.3 Å². The fraction of sp³-hybridized carbons (Fsp3) is 0.190. The number of thioether (sulfide) groups is 1. The molecule has 158 valence electrons.